The third-order valence-electron chi connectivity index (χ3n) is 6.92. The topological polar surface area (TPSA) is 100.0 Å². The van der Waals surface area contributed by atoms with E-state index < -0.39 is 5.54 Å². The lowest BCUT2D eigenvalue weighted by molar-refractivity contribution is 0.301. The maximum absolute atomic E-state index is 6.17. The van der Waals surface area contributed by atoms with E-state index >= 15 is 0 Å². The van der Waals surface area contributed by atoms with Gasteiger partial charge in [0, 0.05) is 23.4 Å². The van der Waals surface area contributed by atoms with E-state index in [1.807, 2.05) is 48.7 Å². The lowest BCUT2D eigenvalue weighted by Crippen LogP contribution is -2.31. The summed E-state index contributed by atoms with van der Waals surface area (Å²) >= 11 is 0. The lowest BCUT2D eigenvalue weighted by atomic mass is 9.70. The summed E-state index contributed by atoms with van der Waals surface area (Å²) in [6.07, 6.45) is 5.34. The standard InChI is InChI=1S/C27H29N5O2/c1-18(2)26(3,20-8-10-22(11-9-20)33-17-21-6-4-5-15-29-21)23-12-7-19(16-30-23)24-31-25(34-32-24)27(28)13-14-27/h4-12,15-16,18H,13-14,17,28H2,1-3H3. The Bertz CT molecular complexity index is 1250. The second kappa shape index (κ2) is 8.65. The van der Waals surface area contributed by atoms with Crippen molar-refractivity contribution in [1.82, 2.24) is 20.1 Å². The highest BCUT2D eigenvalue weighted by Crippen LogP contribution is 2.42. The third kappa shape index (κ3) is 4.19. The Hall–Kier alpha value is -3.58. The summed E-state index contributed by atoms with van der Waals surface area (Å²) in [6.45, 7) is 7.08. The smallest absolute Gasteiger partial charge is 0.247 e. The molecule has 0 radical (unpaired) electrons. The van der Waals surface area contributed by atoms with Gasteiger partial charge in [0.2, 0.25) is 11.7 Å². The normalized spacial score (nSPS) is 16.3. The second-order valence-electron chi connectivity index (χ2n) is 9.50. The number of benzene rings is 1. The van der Waals surface area contributed by atoms with E-state index in [1.165, 1.54) is 5.56 Å². The highest BCUT2D eigenvalue weighted by Gasteiger charge is 2.45. The molecule has 1 atom stereocenters. The highest BCUT2D eigenvalue weighted by atomic mass is 16.5. The number of nitrogens with two attached hydrogens (primary N) is 1. The molecule has 0 bridgehead atoms. The van der Waals surface area contributed by atoms with E-state index in [-0.39, 0.29) is 5.41 Å². The molecule has 0 spiro atoms. The minimum absolute atomic E-state index is 0.282. The van der Waals surface area contributed by atoms with Crippen molar-refractivity contribution in [2.24, 2.45) is 11.7 Å². The van der Waals surface area contributed by atoms with Crippen molar-refractivity contribution in [2.75, 3.05) is 0 Å². The molecule has 1 aliphatic carbocycles. The van der Waals surface area contributed by atoms with Gasteiger partial charge in [0.15, 0.2) is 0 Å². The van der Waals surface area contributed by atoms with E-state index in [1.54, 1.807) is 6.20 Å². The Balaban J connectivity index is 1.35. The predicted molar refractivity (Wildman–Crippen MR) is 129 cm³/mol. The summed E-state index contributed by atoms with van der Waals surface area (Å²) in [5, 5.41) is 4.10. The van der Waals surface area contributed by atoms with Crippen LogP contribution in [-0.2, 0) is 17.6 Å². The largest absolute Gasteiger partial charge is 0.487 e. The summed E-state index contributed by atoms with van der Waals surface area (Å²) in [5.74, 6) is 2.15. The van der Waals surface area contributed by atoms with Crippen LogP contribution in [0.3, 0.4) is 0 Å². The average molecular weight is 456 g/mol. The monoisotopic (exact) mass is 455 g/mol. The molecule has 1 fully saturated rings. The van der Waals surface area contributed by atoms with Crippen molar-refractivity contribution in [3.63, 3.8) is 0 Å². The minimum atomic E-state index is -0.442. The van der Waals surface area contributed by atoms with Crippen molar-refractivity contribution in [3.8, 4) is 17.1 Å². The molecule has 0 saturated heterocycles. The van der Waals surface area contributed by atoms with Crippen LogP contribution in [0.2, 0.25) is 0 Å². The van der Waals surface area contributed by atoms with E-state index in [4.69, 9.17) is 20.0 Å². The number of pyridine rings is 2. The molecule has 174 valence electrons. The molecular formula is C27H29N5O2. The van der Waals surface area contributed by atoms with E-state index in [0.717, 1.165) is 35.5 Å². The van der Waals surface area contributed by atoms with Crippen LogP contribution in [-0.4, -0.2) is 20.1 Å². The Morgan fingerprint density at radius 2 is 1.85 bits per heavy atom. The van der Waals surface area contributed by atoms with Crippen LogP contribution < -0.4 is 10.5 Å². The second-order valence-corrected chi connectivity index (χ2v) is 9.50. The molecule has 34 heavy (non-hydrogen) atoms. The molecule has 4 aromatic rings. The number of nitrogens with zero attached hydrogens (tertiary/aromatic N) is 4. The average Bonchev–Trinajstić information content (AvgIpc) is 3.41. The molecule has 0 amide bonds. The van der Waals surface area contributed by atoms with Gasteiger partial charge in [-0.1, -0.05) is 37.2 Å². The van der Waals surface area contributed by atoms with Gasteiger partial charge in [-0.25, -0.2) is 0 Å². The summed E-state index contributed by atoms with van der Waals surface area (Å²) in [6, 6.07) is 18.1. The molecule has 1 unspecified atom stereocenters. The van der Waals surface area contributed by atoms with Crippen LogP contribution in [0.1, 0.15) is 56.5 Å². The molecule has 5 rings (SSSR count). The van der Waals surface area contributed by atoms with E-state index in [9.17, 15) is 0 Å². The fraction of sp³-hybridized carbons (Fsp3) is 0.333. The first kappa shape index (κ1) is 22.2. The lowest BCUT2D eigenvalue weighted by Gasteiger charge is -2.34. The van der Waals surface area contributed by atoms with Crippen LogP contribution >= 0.6 is 0 Å². The Morgan fingerprint density at radius 1 is 1.06 bits per heavy atom. The van der Waals surface area contributed by atoms with Crippen LogP contribution in [0.15, 0.2) is 71.5 Å². The first-order valence-corrected chi connectivity index (χ1v) is 11.6. The molecule has 0 aliphatic heterocycles. The van der Waals surface area contributed by atoms with Gasteiger partial charge in [-0.15, -0.1) is 0 Å². The zero-order valence-electron chi connectivity index (χ0n) is 19.7. The molecule has 3 heterocycles. The zero-order valence-corrected chi connectivity index (χ0v) is 19.7. The first-order chi connectivity index (χ1) is 16.4. The molecule has 7 nitrogen and oxygen atoms in total. The van der Waals surface area contributed by atoms with Gasteiger partial charge in [-0.2, -0.15) is 4.98 Å². The predicted octanol–water partition coefficient (Wildman–Crippen LogP) is 5.02. The first-order valence-electron chi connectivity index (χ1n) is 11.6. The molecule has 1 saturated carbocycles. The van der Waals surface area contributed by atoms with Crippen molar-refractivity contribution in [1.29, 1.82) is 0 Å². The van der Waals surface area contributed by atoms with Crippen LogP contribution in [0, 0.1) is 5.92 Å². The summed E-state index contributed by atoms with van der Waals surface area (Å²) in [4.78, 5) is 13.6. The van der Waals surface area contributed by atoms with Gasteiger partial charge in [-0.05, 0) is 67.6 Å². The van der Waals surface area contributed by atoms with Crippen molar-refractivity contribution < 1.29 is 9.26 Å². The maximum atomic E-state index is 6.17. The molecular weight excluding hydrogens is 426 g/mol. The fourth-order valence-electron chi connectivity index (χ4n) is 4.04. The van der Waals surface area contributed by atoms with Gasteiger partial charge in [-0.3, -0.25) is 9.97 Å². The maximum Gasteiger partial charge on any atom is 0.247 e. The molecule has 1 aliphatic rings. The molecule has 7 heteroatoms. The van der Waals surface area contributed by atoms with E-state index in [2.05, 4.69) is 48.0 Å². The number of hydrogen-bond donors (Lipinski definition) is 1. The number of rotatable bonds is 8. The summed E-state index contributed by atoms with van der Waals surface area (Å²) in [7, 11) is 0. The van der Waals surface area contributed by atoms with Gasteiger partial charge >= 0.3 is 0 Å². The number of ether oxygens (including phenoxy) is 1. The summed E-state index contributed by atoms with van der Waals surface area (Å²) < 4.78 is 11.3. The van der Waals surface area contributed by atoms with Gasteiger partial charge in [0.1, 0.15) is 12.4 Å². The Labute approximate surface area is 199 Å². The third-order valence-corrected chi connectivity index (χ3v) is 6.92. The van der Waals surface area contributed by atoms with Crippen LogP contribution in [0.5, 0.6) is 5.75 Å². The Kier molecular flexibility index (Phi) is 5.65. The van der Waals surface area contributed by atoms with E-state index in [0.29, 0.717) is 24.2 Å². The van der Waals surface area contributed by atoms with Crippen LogP contribution in [0.4, 0.5) is 0 Å². The SMILES string of the molecule is CC(C)C(C)(c1ccc(OCc2ccccn2)cc1)c1ccc(-c2noc(C3(N)CC3)n2)cn1. The minimum Gasteiger partial charge on any atom is -0.487 e. The number of aromatic nitrogens is 4. The van der Waals surface area contributed by atoms with Gasteiger partial charge in [0.05, 0.1) is 16.9 Å². The highest BCUT2D eigenvalue weighted by molar-refractivity contribution is 5.54. The summed E-state index contributed by atoms with van der Waals surface area (Å²) in [5.41, 5.74) is 9.32. The molecule has 2 N–H and O–H groups in total. The number of hydrogen-bond acceptors (Lipinski definition) is 7. The van der Waals surface area contributed by atoms with Crippen LogP contribution in [0.25, 0.3) is 11.4 Å². The quantitative estimate of drug-likeness (QED) is 0.398. The van der Waals surface area contributed by atoms with Crippen molar-refractivity contribution >= 4 is 0 Å². The fourth-order valence-corrected chi connectivity index (χ4v) is 4.04. The molecule has 3 aromatic heterocycles. The van der Waals surface area contributed by atoms with Gasteiger partial charge in [0.25, 0.3) is 0 Å². The van der Waals surface area contributed by atoms with Gasteiger partial charge < -0.3 is 15.0 Å². The van der Waals surface area contributed by atoms with Crippen molar-refractivity contribution in [3.05, 3.63) is 89.8 Å². The zero-order chi connectivity index (χ0) is 23.8. The van der Waals surface area contributed by atoms with Crippen molar-refractivity contribution in [2.45, 2.75) is 51.2 Å². The molecule has 1 aromatic carbocycles. The Morgan fingerprint density at radius 3 is 2.47 bits per heavy atom.